The molecule has 0 radical (unpaired) electrons. The molecule has 0 saturated carbocycles. The lowest BCUT2D eigenvalue weighted by Gasteiger charge is -2.34. The third-order valence-electron chi connectivity index (χ3n) is 4.38. The van der Waals surface area contributed by atoms with Gasteiger partial charge in [-0.25, -0.2) is 0 Å². The van der Waals surface area contributed by atoms with Gasteiger partial charge in [0.25, 0.3) is 0 Å². The summed E-state index contributed by atoms with van der Waals surface area (Å²) in [7, 11) is 0. The summed E-state index contributed by atoms with van der Waals surface area (Å²) in [6.07, 6.45) is 0.245. The molecule has 0 saturated heterocycles. The standard InChI is InChI=1S/C18H41N9O3/c1-15(28)27(13-10-23-7-3-19)16(18(30)25-9-5-21)14-26(12-6-22)11-2-17(29)24-8-4-20/h16,23H,2-14,19-22H2,1H3,(H,24,29)(H,25,30). The SMILES string of the molecule is CC(=O)N(CCNCCN)C(CN(CCN)CCC(=O)NCCN)C(=O)NCCN. The van der Waals surface area contributed by atoms with Gasteiger partial charge in [0.15, 0.2) is 0 Å². The van der Waals surface area contributed by atoms with E-state index in [4.69, 9.17) is 22.9 Å². The summed E-state index contributed by atoms with van der Waals surface area (Å²) >= 11 is 0. The second-order valence-electron chi connectivity index (χ2n) is 6.82. The first-order chi connectivity index (χ1) is 14.4. The predicted octanol–water partition coefficient (Wildman–Crippen LogP) is -4.45. The topological polar surface area (TPSA) is 198 Å². The molecule has 0 aliphatic heterocycles. The van der Waals surface area contributed by atoms with E-state index in [1.807, 2.05) is 4.90 Å². The van der Waals surface area contributed by atoms with Crippen LogP contribution < -0.4 is 38.9 Å². The summed E-state index contributed by atoms with van der Waals surface area (Å²) in [4.78, 5) is 40.5. The van der Waals surface area contributed by atoms with Crippen molar-refractivity contribution in [2.24, 2.45) is 22.9 Å². The Morgan fingerprint density at radius 3 is 2.00 bits per heavy atom. The van der Waals surface area contributed by atoms with Gasteiger partial charge in [-0.1, -0.05) is 0 Å². The zero-order chi connectivity index (χ0) is 22.8. The molecule has 0 rings (SSSR count). The van der Waals surface area contributed by atoms with E-state index >= 15 is 0 Å². The molecular weight excluding hydrogens is 390 g/mol. The summed E-state index contributed by atoms with van der Waals surface area (Å²) in [6, 6.07) is -0.729. The quantitative estimate of drug-likeness (QED) is 0.105. The van der Waals surface area contributed by atoms with E-state index < -0.39 is 6.04 Å². The summed E-state index contributed by atoms with van der Waals surface area (Å²) in [5.74, 6) is -0.629. The highest BCUT2D eigenvalue weighted by atomic mass is 16.2. The number of nitrogens with two attached hydrogens (primary N) is 4. The molecule has 3 amide bonds. The molecule has 30 heavy (non-hydrogen) atoms. The molecule has 12 heteroatoms. The van der Waals surface area contributed by atoms with Crippen molar-refractivity contribution in [3.8, 4) is 0 Å². The molecule has 1 atom stereocenters. The summed E-state index contributed by atoms with van der Waals surface area (Å²) in [6.45, 7) is 6.29. The lowest BCUT2D eigenvalue weighted by molar-refractivity contribution is -0.139. The Kier molecular flexibility index (Phi) is 16.9. The molecule has 1 unspecified atom stereocenters. The third kappa shape index (κ3) is 12.7. The minimum atomic E-state index is -0.729. The van der Waals surface area contributed by atoms with Gasteiger partial charge in [-0.15, -0.1) is 0 Å². The highest BCUT2D eigenvalue weighted by Crippen LogP contribution is 2.06. The fourth-order valence-electron chi connectivity index (χ4n) is 2.88. The zero-order valence-corrected chi connectivity index (χ0v) is 18.2. The maximum atomic E-state index is 12.8. The fraction of sp³-hybridized carbons (Fsp3) is 0.833. The fourth-order valence-corrected chi connectivity index (χ4v) is 2.88. The van der Waals surface area contributed by atoms with Crippen LogP contribution in [0.1, 0.15) is 13.3 Å². The van der Waals surface area contributed by atoms with Gasteiger partial charge in [0.1, 0.15) is 6.04 Å². The highest BCUT2D eigenvalue weighted by Gasteiger charge is 2.29. The molecule has 0 aliphatic carbocycles. The Labute approximate surface area is 179 Å². The zero-order valence-electron chi connectivity index (χ0n) is 18.2. The van der Waals surface area contributed by atoms with E-state index in [-0.39, 0.29) is 30.7 Å². The molecule has 0 heterocycles. The molecule has 12 nitrogen and oxygen atoms in total. The first kappa shape index (κ1) is 28.2. The number of amides is 3. The van der Waals surface area contributed by atoms with Crippen LogP contribution in [-0.2, 0) is 14.4 Å². The molecule has 0 aliphatic rings. The Bertz CT molecular complexity index is 494. The molecule has 0 aromatic rings. The van der Waals surface area contributed by atoms with Crippen LogP contribution in [0.5, 0.6) is 0 Å². The van der Waals surface area contributed by atoms with Crippen LogP contribution >= 0.6 is 0 Å². The summed E-state index contributed by atoms with van der Waals surface area (Å²) < 4.78 is 0. The average Bonchev–Trinajstić information content (AvgIpc) is 2.72. The van der Waals surface area contributed by atoms with E-state index in [0.717, 1.165) is 0 Å². The molecule has 0 bridgehead atoms. The van der Waals surface area contributed by atoms with Crippen LogP contribution in [0.4, 0.5) is 0 Å². The molecule has 0 fully saturated rings. The van der Waals surface area contributed by atoms with Crippen molar-refractivity contribution in [1.29, 1.82) is 0 Å². The summed E-state index contributed by atoms with van der Waals surface area (Å²) in [5, 5.41) is 8.61. The molecular formula is C18H41N9O3. The van der Waals surface area contributed by atoms with Crippen molar-refractivity contribution >= 4 is 17.7 Å². The van der Waals surface area contributed by atoms with Crippen molar-refractivity contribution in [3.05, 3.63) is 0 Å². The van der Waals surface area contributed by atoms with Crippen molar-refractivity contribution in [1.82, 2.24) is 25.8 Å². The lowest BCUT2D eigenvalue weighted by atomic mass is 10.1. The Hall–Kier alpha value is -1.83. The van der Waals surface area contributed by atoms with Gasteiger partial charge in [0, 0.05) is 91.9 Å². The van der Waals surface area contributed by atoms with Gasteiger partial charge in [-0.05, 0) is 0 Å². The van der Waals surface area contributed by atoms with E-state index in [0.29, 0.717) is 72.0 Å². The number of nitrogens with one attached hydrogen (secondary N) is 3. The Morgan fingerprint density at radius 1 is 0.800 bits per heavy atom. The molecule has 0 aromatic heterocycles. The number of hydrogen-bond donors (Lipinski definition) is 7. The van der Waals surface area contributed by atoms with Crippen LogP contribution in [0.2, 0.25) is 0 Å². The number of carbonyl (C=O) groups is 3. The first-order valence-corrected chi connectivity index (χ1v) is 10.5. The monoisotopic (exact) mass is 431 g/mol. The number of hydrogen-bond acceptors (Lipinski definition) is 9. The van der Waals surface area contributed by atoms with Crippen LogP contribution in [-0.4, -0.2) is 112 Å². The minimum Gasteiger partial charge on any atom is -0.355 e. The Balaban J connectivity index is 5.23. The predicted molar refractivity (Wildman–Crippen MR) is 117 cm³/mol. The van der Waals surface area contributed by atoms with Crippen molar-refractivity contribution in [3.63, 3.8) is 0 Å². The summed E-state index contributed by atoms with van der Waals surface area (Å²) in [5.41, 5.74) is 22.1. The average molecular weight is 432 g/mol. The van der Waals surface area contributed by atoms with Gasteiger partial charge < -0.3 is 43.8 Å². The maximum absolute atomic E-state index is 12.8. The lowest BCUT2D eigenvalue weighted by Crippen LogP contribution is -2.56. The normalized spacial score (nSPS) is 11.9. The number of rotatable bonds is 18. The molecule has 11 N–H and O–H groups in total. The van der Waals surface area contributed by atoms with Crippen LogP contribution in [0.25, 0.3) is 0 Å². The van der Waals surface area contributed by atoms with E-state index in [2.05, 4.69) is 16.0 Å². The van der Waals surface area contributed by atoms with E-state index in [9.17, 15) is 14.4 Å². The van der Waals surface area contributed by atoms with Gasteiger partial charge in [-0.2, -0.15) is 0 Å². The van der Waals surface area contributed by atoms with Gasteiger partial charge in [0.05, 0.1) is 0 Å². The Morgan fingerprint density at radius 2 is 1.43 bits per heavy atom. The van der Waals surface area contributed by atoms with E-state index in [1.165, 1.54) is 11.8 Å². The van der Waals surface area contributed by atoms with E-state index in [1.54, 1.807) is 0 Å². The molecule has 0 aromatic carbocycles. The van der Waals surface area contributed by atoms with Crippen LogP contribution in [0.15, 0.2) is 0 Å². The minimum absolute atomic E-state index is 0.124. The molecule has 0 spiro atoms. The van der Waals surface area contributed by atoms with Crippen molar-refractivity contribution < 1.29 is 14.4 Å². The second-order valence-corrected chi connectivity index (χ2v) is 6.82. The third-order valence-corrected chi connectivity index (χ3v) is 4.38. The highest BCUT2D eigenvalue weighted by molar-refractivity contribution is 5.87. The first-order valence-electron chi connectivity index (χ1n) is 10.5. The van der Waals surface area contributed by atoms with Crippen molar-refractivity contribution in [2.45, 2.75) is 19.4 Å². The number of carbonyl (C=O) groups excluding carboxylic acids is 3. The van der Waals surface area contributed by atoms with Crippen LogP contribution in [0.3, 0.4) is 0 Å². The smallest absolute Gasteiger partial charge is 0.244 e. The molecule has 176 valence electrons. The van der Waals surface area contributed by atoms with Gasteiger partial charge in [0.2, 0.25) is 17.7 Å². The van der Waals surface area contributed by atoms with Crippen molar-refractivity contribution in [2.75, 3.05) is 78.5 Å². The largest absolute Gasteiger partial charge is 0.355 e. The second kappa shape index (κ2) is 18.0. The van der Waals surface area contributed by atoms with Crippen LogP contribution in [0, 0.1) is 0 Å². The number of nitrogens with zero attached hydrogens (tertiary/aromatic N) is 2. The van der Waals surface area contributed by atoms with Gasteiger partial charge in [-0.3, -0.25) is 19.3 Å². The maximum Gasteiger partial charge on any atom is 0.244 e. The van der Waals surface area contributed by atoms with Gasteiger partial charge >= 0.3 is 0 Å².